The molecule has 0 aliphatic heterocycles. The lowest BCUT2D eigenvalue weighted by Gasteiger charge is -2.20. The Morgan fingerprint density at radius 3 is 2.53 bits per heavy atom. The molecule has 2 rings (SSSR count). The van der Waals surface area contributed by atoms with Gasteiger partial charge in [0, 0.05) is 12.6 Å². The quantitative estimate of drug-likeness (QED) is 0.894. The van der Waals surface area contributed by atoms with Gasteiger partial charge in [0.1, 0.15) is 10.7 Å². The largest absolute Gasteiger partial charge is 0.478 e. The van der Waals surface area contributed by atoms with Gasteiger partial charge in [-0.1, -0.05) is 6.92 Å². The van der Waals surface area contributed by atoms with E-state index in [1.165, 1.54) is 4.31 Å². The van der Waals surface area contributed by atoms with Crippen molar-refractivity contribution in [1.82, 2.24) is 4.31 Å². The van der Waals surface area contributed by atoms with Crippen LogP contribution in [0, 0.1) is 5.82 Å². The lowest BCUT2D eigenvalue weighted by atomic mass is 10.2. The fraction of sp³-hybridized carbons (Fsp3) is 0.417. The van der Waals surface area contributed by atoms with Crippen molar-refractivity contribution in [2.75, 3.05) is 6.54 Å². The highest BCUT2D eigenvalue weighted by atomic mass is 32.2. The van der Waals surface area contributed by atoms with Gasteiger partial charge in [-0.15, -0.1) is 0 Å². The molecular weight excluding hydrogens is 273 g/mol. The smallest absolute Gasteiger partial charge is 0.335 e. The van der Waals surface area contributed by atoms with Crippen molar-refractivity contribution in [3.8, 4) is 0 Å². The molecule has 1 aliphatic carbocycles. The van der Waals surface area contributed by atoms with Crippen LogP contribution in [0.4, 0.5) is 4.39 Å². The Labute approximate surface area is 110 Å². The first-order chi connectivity index (χ1) is 8.87. The fourth-order valence-corrected chi connectivity index (χ4v) is 3.70. The Balaban J connectivity index is 2.43. The molecule has 1 aromatic carbocycles. The summed E-state index contributed by atoms with van der Waals surface area (Å²) < 4.78 is 39.6. The summed E-state index contributed by atoms with van der Waals surface area (Å²) in [5.41, 5.74) is -0.272. The number of hydrogen-bond donors (Lipinski definition) is 1. The minimum absolute atomic E-state index is 0.0615. The minimum atomic E-state index is -3.90. The number of carboxylic acid groups (broad SMARTS) is 1. The Kier molecular flexibility index (Phi) is 3.60. The summed E-state index contributed by atoms with van der Waals surface area (Å²) in [4.78, 5) is 10.2. The SMILES string of the molecule is CCN(C1CC1)S(=O)(=O)c1ccc(C(=O)O)cc1F. The monoisotopic (exact) mass is 287 g/mol. The molecule has 0 amide bonds. The van der Waals surface area contributed by atoms with Crippen LogP contribution in [-0.4, -0.2) is 36.4 Å². The fourth-order valence-electron chi connectivity index (χ4n) is 1.96. The highest BCUT2D eigenvalue weighted by Crippen LogP contribution is 2.32. The van der Waals surface area contributed by atoms with Gasteiger partial charge in [0.2, 0.25) is 10.0 Å². The van der Waals surface area contributed by atoms with Crippen molar-refractivity contribution in [2.45, 2.75) is 30.7 Å². The molecule has 0 atom stereocenters. The Morgan fingerprint density at radius 2 is 2.11 bits per heavy atom. The van der Waals surface area contributed by atoms with Gasteiger partial charge in [-0.2, -0.15) is 4.31 Å². The summed E-state index contributed by atoms with van der Waals surface area (Å²) >= 11 is 0. The van der Waals surface area contributed by atoms with Gasteiger partial charge in [-0.3, -0.25) is 0 Å². The van der Waals surface area contributed by atoms with Crippen LogP contribution in [-0.2, 0) is 10.0 Å². The van der Waals surface area contributed by atoms with Gasteiger partial charge in [0.25, 0.3) is 0 Å². The van der Waals surface area contributed by atoms with E-state index in [1.54, 1.807) is 6.92 Å². The highest BCUT2D eigenvalue weighted by molar-refractivity contribution is 7.89. The number of aromatic carboxylic acids is 1. The summed E-state index contributed by atoms with van der Waals surface area (Å²) in [5, 5.41) is 8.73. The second kappa shape index (κ2) is 4.90. The van der Waals surface area contributed by atoms with E-state index in [0.717, 1.165) is 31.0 Å². The van der Waals surface area contributed by atoms with Crippen LogP contribution < -0.4 is 0 Å². The molecule has 0 radical (unpaired) electrons. The first-order valence-corrected chi connectivity index (χ1v) is 7.36. The van der Waals surface area contributed by atoms with E-state index < -0.39 is 26.7 Å². The molecule has 5 nitrogen and oxygen atoms in total. The van der Waals surface area contributed by atoms with E-state index in [1.807, 2.05) is 0 Å². The highest BCUT2D eigenvalue weighted by Gasteiger charge is 2.38. The number of carbonyl (C=O) groups is 1. The van der Waals surface area contributed by atoms with Gasteiger partial charge >= 0.3 is 5.97 Å². The zero-order chi connectivity index (χ0) is 14.2. The van der Waals surface area contributed by atoms with Crippen molar-refractivity contribution in [2.24, 2.45) is 0 Å². The topological polar surface area (TPSA) is 74.7 Å². The Hall–Kier alpha value is -1.47. The van der Waals surface area contributed by atoms with Crippen molar-refractivity contribution in [3.63, 3.8) is 0 Å². The van der Waals surface area contributed by atoms with E-state index >= 15 is 0 Å². The maximum absolute atomic E-state index is 13.8. The molecule has 104 valence electrons. The third-order valence-corrected chi connectivity index (χ3v) is 5.09. The molecule has 0 saturated heterocycles. The first-order valence-electron chi connectivity index (χ1n) is 5.92. The second-order valence-electron chi connectivity index (χ2n) is 4.39. The number of nitrogens with zero attached hydrogens (tertiary/aromatic N) is 1. The molecule has 0 aromatic heterocycles. The van der Waals surface area contributed by atoms with Crippen LogP contribution >= 0.6 is 0 Å². The van der Waals surface area contributed by atoms with E-state index in [4.69, 9.17) is 5.11 Å². The second-order valence-corrected chi connectivity index (χ2v) is 6.25. The summed E-state index contributed by atoms with van der Waals surface area (Å²) in [7, 11) is -3.90. The third-order valence-electron chi connectivity index (χ3n) is 3.03. The Bertz CT molecular complexity index is 610. The van der Waals surface area contributed by atoms with Crippen LogP contribution in [0.3, 0.4) is 0 Å². The van der Waals surface area contributed by atoms with E-state index in [-0.39, 0.29) is 18.2 Å². The summed E-state index contributed by atoms with van der Waals surface area (Å²) in [6, 6.07) is 2.78. The van der Waals surface area contributed by atoms with Crippen LogP contribution in [0.25, 0.3) is 0 Å². The third kappa shape index (κ3) is 2.62. The molecule has 1 fully saturated rings. The molecule has 7 heteroatoms. The number of hydrogen-bond acceptors (Lipinski definition) is 3. The van der Waals surface area contributed by atoms with Gasteiger partial charge in [-0.05, 0) is 31.0 Å². The lowest BCUT2D eigenvalue weighted by molar-refractivity contribution is 0.0696. The van der Waals surface area contributed by atoms with E-state index in [0.29, 0.717) is 0 Å². The molecule has 1 N–H and O–H groups in total. The number of halogens is 1. The normalized spacial score (nSPS) is 15.7. The van der Waals surface area contributed by atoms with Crippen LogP contribution in [0.2, 0.25) is 0 Å². The molecule has 1 aromatic rings. The zero-order valence-corrected chi connectivity index (χ0v) is 11.2. The maximum atomic E-state index is 13.8. The Morgan fingerprint density at radius 1 is 1.47 bits per heavy atom. The van der Waals surface area contributed by atoms with Gasteiger partial charge < -0.3 is 5.11 Å². The van der Waals surface area contributed by atoms with E-state index in [9.17, 15) is 17.6 Å². The summed E-state index contributed by atoms with van der Waals surface area (Å²) in [6.45, 7) is 1.96. The average Bonchev–Trinajstić information content (AvgIpc) is 3.13. The molecular formula is C12H14FNO4S. The minimum Gasteiger partial charge on any atom is -0.478 e. The zero-order valence-electron chi connectivity index (χ0n) is 10.3. The number of carboxylic acids is 1. The molecule has 0 unspecified atom stereocenters. The number of sulfonamides is 1. The van der Waals surface area contributed by atoms with Crippen molar-refractivity contribution in [3.05, 3.63) is 29.6 Å². The molecule has 19 heavy (non-hydrogen) atoms. The maximum Gasteiger partial charge on any atom is 0.335 e. The van der Waals surface area contributed by atoms with Crippen molar-refractivity contribution < 1.29 is 22.7 Å². The standard InChI is InChI=1S/C12H14FNO4S/c1-2-14(9-4-5-9)19(17,18)11-6-3-8(12(15)16)7-10(11)13/h3,6-7,9H,2,4-5H2,1H3,(H,15,16). The average molecular weight is 287 g/mol. The number of rotatable bonds is 5. The van der Waals surface area contributed by atoms with Crippen molar-refractivity contribution in [1.29, 1.82) is 0 Å². The molecule has 0 bridgehead atoms. The van der Waals surface area contributed by atoms with Crippen molar-refractivity contribution >= 4 is 16.0 Å². The predicted octanol–water partition coefficient (Wildman–Crippen LogP) is 1.70. The lowest BCUT2D eigenvalue weighted by Crippen LogP contribution is -2.33. The van der Waals surface area contributed by atoms with Crippen LogP contribution in [0.5, 0.6) is 0 Å². The molecule has 1 aliphatic rings. The van der Waals surface area contributed by atoms with Crippen LogP contribution in [0.1, 0.15) is 30.1 Å². The van der Waals surface area contributed by atoms with E-state index in [2.05, 4.69) is 0 Å². The first kappa shape index (κ1) is 14.0. The summed E-state index contributed by atoms with van der Waals surface area (Å²) in [5.74, 6) is -2.32. The predicted molar refractivity (Wildman–Crippen MR) is 65.9 cm³/mol. The van der Waals surface area contributed by atoms with Gasteiger partial charge in [-0.25, -0.2) is 17.6 Å². The molecule has 0 heterocycles. The number of benzene rings is 1. The molecule has 1 saturated carbocycles. The van der Waals surface area contributed by atoms with Crippen LogP contribution in [0.15, 0.2) is 23.1 Å². The van der Waals surface area contributed by atoms with Gasteiger partial charge in [0.15, 0.2) is 0 Å². The van der Waals surface area contributed by atoms with Gasteiger partial charge in [0.05, 0.1) is 5.56 Å². The summed E-state index contributed by atoms with van der Waals surface area (Å²) in [6.07, 6.45) is 1.56. The molecule has 0 spiro atoms.